The number of carbonyl (C=O) groups is 4. The zero-order chi connectivity index (χ0) is 28.8. The molecular formula is C23H28F3N3O8S. The molecule has 1 unspecified atom stereocenters. The molecule has 1 aromatic carbocycles. The van der Waals surface area contributed by atoms with Crippen molar-refractivity contribution in [3.63, 3.8) is 0 Å². The molecule has 3 atom stereocenters. The maximum absolute atomic E-state index is 13.8. The summed E-state index contributed by atoms with van der Waals surface area (Å²) in [5.74, 6) is -6.52. The maximum Gasteiger partial charge on any atom is 0.408 e. The van der Waals surface area contributed by atoms with Crippen molar-refractivity contribution in [2.24, 2.45) is 5.92 Å². The Kier molecular flexibility index (Phi) is 10.1. The number of alkyl halides is 3. The van der Waals surface area contributed by atoms with E-state index in [0.717, 1.165) is 0 Å². The minimum absolute atomic E-state index is 0.0227. The summed E-state index contributed by atoms with van der Waals surface area (Å²) in [4.78, 5) is 60.2. The van der Waals surface area contributed by atoms with Gasteiger partial charge in [-0.15, -0.1) is 0 Å². The van der Waals surface area contributed by atoms with Gasteiger partial charge in [0.2, 0.25) is 11.0 Å². The number of likely N-dealkylation sites (tertiary alicyclic amines) is 1. The van der Waals surface area contributed by atoms with E-state index in [2.05, 4.69) is 5.32 Å². The topological polar surface area (TPSA) is 156 Å². The van der Waals surface area contributed by atoms with Crippen molar-refractivity contribution in [1.29, 1.82) is 0 Å². The monoisotopic (exact) mass is 563 g/mol. The number of nitro groups is 1. The van der Waals surface area contributed by atoms with E-state index < -0.39 is 63.5 Å². The number of benzene rings is 1. The number of hydrogen-bond acceptors (Lipinski definition) is 8. The van der Waals surface area contributed by atoms with E-state index in [1.54, 1.807) is 20.8 Å². The summed E-state index contributed by atoms with van der Waals surface area (Å²) in [5.41, 5.74) is -0.794. The second-order valence-corrected chi connectivity index (χ2v) is 10.6. The van der Waals surface area contributed by atoms with Crippen LogP contribution in [0.1, 0.15) is 39.2 Å². The van der Waals surface area contributed by atoms with Crippen LogP contribution < -0.4 is 5.32 Å². The molecule has 1 aliphatic heterocycles. The molecule has 0 saturated carbocycles. The molecule has 2 amide bonds. The van der Waals surface area contributed by atoms with Crippen LogP contribution in [0.15, 0.2) is 24.3 Å². The fourth-order valence-electron chi connectivity index (χ4n) is 3.69. The van der Waals surface area contributed by atoms with E-state index in [-0.39, 0.29) is 43.3 Å². The number of ether oxygens (including phenoxy) is 1. The second kappa shape index (κ2) is 12.5. The number of alkyl carbamates (subject to hydrolysis) is 1. The van der Waals surface area contributed by atoms with Crippen molar-refractivity contribution in [3.05, 3.63) is 39.9 Å². The van der Waals surface area contributed by atoms with Gasteiger partial charge in [0.1, 0.15) is 23.6 Å². The molecule has 0 radical (unpaired) electrons. The molecule has 1 heterocycles. The molecule has 11 nitrogen and oxygen atoms in total. The van der Waals surface area contributed by atoms with Gasteiger partial charge in [-0.2, -0.15) is 13.2 Å². The molecule has 0 spiro atoms. The van der Waals surface area contributed by atoms with Crippen molar-refractivity contribution >= 4 is 40.5 Å². The Bertz CT molecular complexity index is 1060. The molecule has 0 bridgehead atoms. The summed E-state index contributed by atoms with van der Waals surface area (Å²) in [6, 6.07) is 2.24. The third kappa shape index (κ3) is 8.89. The largest absolute Gasteiger partial charge is 0.480 e. The van der Waals surface area contributed by atoms with Crippen LogP contribution >= 0.6 is 11.8 Å². The number of non-ortho nitro benzene ring substituents is 1. The summed E-state index contributed by atoms with van der Waals surface area (Å²) >= 11 is 0.171. The lowest BCUT2D eigenvalue weighted by Gasteiger charge is -2.28. The van der Waals surface area contributed by atoms with Crippen LogP contribution in [0.5, 0.6) is 0 Å². The number of carboxylic acids is 1. The first-order chi connectivity index (χ1) is 17.5. The molecular weight excluding hydrogens is 535 g/mol. The number of hydrogen-bond donors (Lipinski definition) is 2. The first-order valence-corrected chi connectivity index (χ1v) is 12.5. The number of carbonyl (C=O) groups excluding carboxylic acids is 3. The Morgan fingerprint density at radius 1 is 1.21 bits per heavy atom. The van der Waals surface area contributed by atoms with Gasteiger partial charge >= 0.3 is 18.2 Å². The molecule has 15 heteroatoms. The van der Waals surface area contributed by atoms with Crippen molar-refractivity contribution < 1.29 is 47.1 Å². The summed E-state index contributed by atoms with van der Waals surface area (Å²) in [7, 11) is 0. The SMILES string of the molecule is CC(C)(C)OC(=O)N[C@@H](Cc1ccc([N+](=O)[O-])cc1)C(=O)SCC(C(=O)N1CCC[C@H]1C(=O)O)C(F)(F)F. The van der Waals surface area contributed by atoms with Crippen LogP contribution in [0.25, 0.3) is 0 Å². The number of carboxylic acid groups (broad SMARTS) is 1. The number of nitro benzene ring substituents is 1. The number of amides is 2. The molecule has 210 valence electrons. The average Bonchev–Trinajstić information content (AvgIpc) is 3.27. The van der Waals surface area contributed by atoms with Gasteiger partial charge in [0, 0.05) is 30.9 Å². The highest BCUT2D eigenvalue weighted by molar-refractivity contribution is 8.13. The summed E-state index contributed by atoms with van der Waals surface area (Å²) in [6.07, 6.45) is -6.03. The van der Waals surface area contributed by atoms with Crippen LogP contribution in [0, 0.1) is 16.0 Å². The van der Waals surface area contributed by atoms with Gasteiger partial charge in [-0.25, -0.2) is 9.59 Å². The quantitative estimate of drug-likeness (QED) is 0.339. The zero-order valence-corrected chi connectivity index (χ0v) is 21.6. The van der Waals surface area contributed by atoms with E-state index in [1.807, 2.05) is 0 Å². The molecule has 0 aromatic heterocycles. The Morgan fingerprint density at radius 3 is 2.32 bits per heavy atom. The van der Waals surface area contributed by atoms with E-state index in [4.69, 9.17) is 4.74 Å². The predicted molar refractivity (Wildman–Crippen MR) is 129 cm³/mol. The van der Waals surface area contributed by atoms with Crippen LogP contribution in [-0.4, -0.2) is 74.2 Å². The molecule has 1 saturated heterocycles. The van der Waals surface area contributed by atoms with Crippen molar-refractivity contribution in [2.45, 2.75) is 63.9 Å². The molecule has 1 fully saturated rings. The van der Waals surface area contributed by atoms with Gasteiger partial charge in [-0.3, -0.25) is 19.7 Å². The van der Waals surface area contributed by atoms with Crippen LogP contribution in [0.4, 0.5) is 23.7 Å². The first-order valence-electron chi connectivity index (χ1n) is 11.5. The predicted octanol–water partition coefficient (Wildman–Crippen LogP) is 3.54. The Hall–Kier alpha value is -3.36. The molecule has 38 heavy (non-hydrogen) atoms. The van der Waals surface area contributed by atoms with Gasteiger partial charge in [0.25, 0.3) is 5.69 Å². The van der Waals surface area contributed by atoms with Crippen LogP contribution in [0.2, 0.25) is 0 Å². The third-order valence-electron chi connectivity index (χ3n) is 5.47. The molecule has 2 N–H and O–H groups in total. The summed E-state index contributed by atoms with van der Waals surface area (Å²) < 4.78 is 46.5. The third-order valence-corrected chi connectivity index (χ3v) is 6.54. The fourth-order valence-corrected chi connectivity index (χ4v) is 4.70. The standard InChI is InChI=1S/C23H28F3N3O8S/c1-22(2,3)37-21(34)27-16(11-13-6-8-14(9-7-13)29(35)36)20(33)38-12-15(23(24,25)26)18(30)28-10-4-5-17(28)19(31)32/h6-9,15-17H,4-5,10-12H2,1-3H3,(H,27,34)(H,31,32)/t15?,16-,17-/m0/s1. The summed E-state index contributed by atoms with van der Waals surface area (Å²) in [6.45, 7) is 4.55. The molecule has 1 aromatic rings. The molecule has 0 aliphatic carbocycles. The van der Waals surface area contributed by atoms with Crippen LogP contribution in [-0.2, 0) is 25.5 Å². The van der Waals surface area contributed by atoms with Gasteiger partial charge in [-0.1, -0.05) is 23.9 Å². The number of rotatable bonds is 9. The highest BCUT2D eigenvalue weighted by atomic mass is 32.2. The number of nitrogens with zero attached hydrogens (tertiary/aromatic N) is 2. The van der Waals surface area contributed by atoms with Gasteiger partial charge in [0.05, 0.1) is 4.92 Å². The van der Waals surface area contributed by atoms with Gasteiger partial charge < -0.3 is 20.1 Å². The number of aliphatic carboxylic acids is 1. The van der Waals surface area contributed by atoms with Gasteiger partial charge in [0.15, 0.2) is 0 Å². The number of halogens is 3. The lowest BCUT2D eigenvalue weighted by molar-refractivity contribution is -0.384. The molecule has 1 aliphatic rings. The Morgan fingerprint density at radius 2 is 1.82 bits per heavy atom. The maximum atomic E-state index is 13.8. The average molecular weight is 564 g/mol. The van der Waals surface area contributed by atoms with E-state index in [9.17, 15) is 47.6 Å². The van der Waals surface area contributed by atoms with E-state index >= 15 is 0 Å². The van der Waals surface area contributed by atoms with Crippen molar-refractivity contribution in [2.75, 3.05) is 12.3 Å². The first kappa shape index (κ1) is 30.9. The minimum Gasteiger partial charge on any atom is -0.480 e. The van der Waals surface area contributed by atoms with Crippen molar-refractivity contribution in [3.8, 4) is 0 Å². The lowest BCUT2D eigenvalue weighted by Crippen LogP contribution is -2.48. The van der Waals surface area contributed by atoms with Gasteiger partial charge in [-0.05, 0) is 39.2 Å². The highest BCUT2D eigenvalue weighted by Gasteiger charge is 2.49. The van der Waals surface area contributed by atoms with E-state index in [0.29, 0.717) is 10.5 Å². The Labute approximate surface area is 220 Å². The number of thioether (sulfide) groups is 1. The highest BCUT2D eigenvalue weighted by Crippen LogP contribution is 2.33. The second-order valence-electron chi connectivity index (χ2n) is 9.58. The minimum atomic E-state index is -5.05. The van der Waals surface area contributed by atoms with E-state index in [1.165, 1.54) is 24.3 Å². The number of nitrogens with one attached hydrogen (secondary N) is 1. The van der Waals surface area contributed by atoms with Crippen molar-refractivity contribution in [1.82, 2.24) is 10.2 Å². The smallest absolute Gasteiger partial charge is 0.408 e. The normalized spacial score (nSPS) is 17.4. The molecule has 2 rings (SSSR count). The van der Waals surface area contributed by atoms with Crippen LogP contribution in [0.3, 0.4) is 0 Å². The fraction of sp³-hybridized carbons (Fsp3) is 0.565. The Balaban J connectivity index is 2.21. The lowest BCUT2D eigenvalue weighted by atomic mass is 10.1. The summed E-state index contributed by atoms with van der Waals surface area (Å²) in [5, 5.41) is 21.5. The zero-order valence-electron chi connectivity index (χ0n) is 20.8.